The first kappa shape index (κ1) is 16.6. The Kier molecular flexibility index (Phi) is 3.70. The van der Waals surface area contributed by atoms with Gasteiger partial charge in [0.1, 0.15) is 0 Å². The normalized spacial score (nSPS) is 17.2. The quantitative estimate of drug-likeness (QED) is 0.507. The van der Waals surface area contributed by atoms with Crippen molar-refractivity contribution < 1.29 is 52.3 Å². The molecule has 0 aliphatic carbocycles. The molecular weight excluding hydrogens is 307 g/mol. The van der Waals surface area contributed by atoms with E-state index in [-0.39, 0.29) is 0 Å². The van der Waals surface area contributed by atoms with E-state index in [0.29, 0.717) is 0 Å². The molecule has 0 aromatic carbocycles. The third kappa shape index (κ3) is 2.27. The molecule has 0 radical (unpaired) electrons. The minimum absolute atomic E-state index is 7.20. The van der Waals surface area contributed by atoms with Crippen LogP contribution in [0.2, 0.25) is 0 Å². The number of hydrogen-bond donors (Lipinski definition) is 0. The van der Waals surface area contributed by atoms with Gasteiger partial charge in [-0.1, -0.05) is 0 Å². The first-order valence-corrected chi connectivity index (χ1v) is 5.02. The molecule has 0 heterocycles. The van der Waals surface area contributed by atoms with E-state index in [1.54, 1.807) is 0 Å². The van der Waals surface area contributed by atoms with Crippen LogP contribution in [0.3, 0.4) is 0 Å². The Bertz CT molecular complexity index is 254. The second-order valence-electron chi connectivity index (χ2n) is 2.72. The standard InChI is InChI=1S/C4HF12P/c5-1(6,7)3(11,12)17(15,16)4(13,14)2(8,9)10/h17H. The van der Waals surface area contributed by atoms with Gasteiger partial charge in [0.05, 0.1) is 0 Å². The Hall–Kier alpha value is -0.410. The fourth-order valence-electron chi connectivity index (χ4n) is 0.553. The van der Waals surface area contributed by atoms with E-state index in [4.69, 9.17) is 0 Å². The summed E-state index contributed by atoms with van der Waals surface area (Å²) in [6, 6.07) is 0. The van der Waals surface area contributed by atoms with Crippen LogP contribution < -0.4 is 0 Å². The molecule has 0 nitrogen and oxygen atoms in total. The molecular formula is C4HF12P. The molecule has 17 heavy (non-hydrogen) atoms. The maximum absolute atomic E-state index is 12.2. The van der Waals surface area contributed by atoms with Crippen LogP contribution >= 0.6 is 7.88 Å². The van der Waals surface area contributed by atoms with Crippen molar-refractivity contribution in [3.05, 3.63) is 0 Å². The molecule has 0 aromatic rings. The van der Waals surface area contributed by atoms with Crippen LogP contribution in [-0.2, 0) is 0 Å². The maximum atomic E-state index is 12.2. The SMILES string of the molecule is FC(F)(F)C(F)(F)[PH](F)(F)C(F)(F)C(F)(F)F. The Balaban J connectivity index is 5.73. The van der Waals surface area contributed by atoms with Crippen LogP contribution in [0.1, 0.15) is 0 Å². The monoisotopic (exact) mass is 308 g/mol. The second-order valence-corrected chi connectivity index (χ2v) is 5.12. The number of halogens is 12. The molecule has 0 rings (SSSR count). The first-order valence-electron chi connectivity index (χ1n) is 3.27. The van der Waals surface area contributed by atoms with E-state index < -0.39 is 31.6 Å². The molecule has 0 unspecified atom stereocenters. The predicted molar refractivity (Wildman–Crippen MR) is 32.5 cm³/mol. The van der Waals surface area contributed by atoms with E-state index in [0.717, 1.165) is 0 Å². The summed E-state index contributed by atoms with van der Waals surface area (Å²) in [5.74, 6) is 0. The van der Waals surface area contributed by atoms with Crippen LogP contribution in [0.4, 0.5) is 52.3 Å². The van der Waals surface area contributed by atoms with Gasteiger partial charge < -0.3 is 0 Å². The van der Waals surface area contributed by atoms with Gasteiger partial charge in [0.2, 0.25) is 0 Å². The molecule has 0 saturated carbocycles. The van der Waals surface area contributed by atoms with E-state index >= 15 is 0 Å². The zero-order valence-electron chi connectivity index (χ0n) is 7.04. The fraction of sp³-hybridized carbons (Fsp3) is 1.00. The van der Waals surface area contributed by atoms with Crippen molar-refractivity contribution >= 4 is 7.88 Å². The molecule has 0 aromatic heterocycles. The van der Waals surface area contributed by atoms with Gasteiger partial charge in [-0.2, -0.15) is 0 Å². The van der Waals surface area contributed by atoms with Gasteiger partial charge in [-0.05, 0) is 0 Å². The average molecular weight is 308 g/mol. The van der Waals surface area contributed by atoms with Gasteiger partial charge in [-0.25, -0.2) is 0 Å². The molecule has 106 valence electrons. The van der Waals surface area contributed by atoms with Gasteiger partial charge in [0, 0.05) is 0 Å². The summed E-state index contributed by atoms with van der Waals surface area (Å²) in [5, 5.41) is 0. The molecule has 0 aliphatic heterocycles. The molecule has 0 saturated heterocycles. The van der Waals surface area contributed by atoms with Crippen LogP contribution in [0.15, 0.2) is 0 Å². The Morgan fingerprint density at radius 3 is 0.765 bits per heavy atom. The number of hydrogen-bond acceptors (Lipinski definition) is 0. The molecule has 0 amide bonds. The van der Waals surface area contributed by atoms with Gasteiger partial charge in [0.25, 0.3) is 0 Å². The Morgan fingerprint density at radius 2 is 0.647 bits per heavy atom. The summed E-state index contributed by atoms with van der Waals surface area (Å²) >= 11 is 0. The summed E-state index contributed by atoms with van der Waals surface area (Å²) < 4.78 is 140. The molecule has 0 spiro atoms. The topological polar surface area (TPSA) is 0 Å². The average Bonchev–Trinajstić information content (AvgIpc) is 1.98. The van der Waals surface area contributed by atoms with Crippen molar-refractivity contribution in [3.8, 4) is 0 Å². The first-order chi connectivity index (χ1) is 7.00. The van der Waals surface area contributed by atoms with Gasteiger partial charge in [-0.15, -0.1) is 0 Å². The van der Waals surface area contributed by atoms with Crippen LogP contribution in [0.25, 0.3) is 0 Å². The van der Waals surface area contributed by atoms with Crippen molar-refractivity contribution in [1.82, 2.24) is 0 Å². The molecule has 0 bridgehead atoms. The molecule has 13 heteroatoms. The Labute approximate surface area is 85.1 Å². The van der Waals surface area contributed by atoms with Gasteiger partial charge in [0.15, 0.2) is 0 Å². The summed E-state index contributed by atoms with van der Waals surface area (Å²) in [6.45, 7) is 0. The summed E-state index contributed by atoms with van der Waals surface area (Å²) in [5.41, 5.74) is -14.8. The number of rotatable bonds is 2. The van der Waals surface area contributed by atoms with Crippen molar-refractivity contribution in [2.24, 2.45) is 0 Å². The third-order valence-electron chi connectivity index (χ3n) is 1.50. The molecule has 0 N–H and O–H groups in total. The van der Waals surface area contributed by atoms with E-state index in [2.05, 4.69) is 0 Å². The molecule has 0 atom stereocenters. The summed E-state index contributed by atoms with van der Waals surface area (Å²) in [6.07, 6.45) is -14.4. The third-order valence-corrected chi connectivity index (χ3v) is 3.65. The van der Waals surface area contributed by atoms with Crippen molar-refractivity contribution in [2.75, 3.05) is 0 Å². The van der Waals surface area contributed by atoms with E-state index in [1.165, 1.54) is 0 Å². The number of alkyl halides is 10. The predicted octanol–water partition coefficient (Wildman–Crippen LogP) is 4.82. The fourth-order valence-corrected chi connectivity index (χ4v) is 1.66. The zero-order chi connectivity index (χ0) is 14.5. The van der Waals surface area contributed by atoms with E-state index in [9.17, 15) is 52.3 Å². The van der Waals surface area contributed by atoms with Crippen molar-refractivity contribution in [2.45, 2.75) is 23.7 Å². The van der Waals surface area contributed by atoms with Crippen LogP contribution in [-0.4, -0.2) is 23.7 Å². The summed E-state index contributed by atoms with van der Waals surface area (Å²) in [4.78, 5) is 0. The van der Waals surface area contributed by atoms with Gasteiger partial charge >= 0.3 is 83.9 Å². The summed E-state index contributed by atoms with van der Waals surface area (Å²) in [7, 11) is -9.35. The van der Waals surface area contributed by atoms with E-state index in [1.807, 2.05) is 0 Å². The minimum atomic E-state index is -9.35. The zero-order valence-corrected chi connectivity index (χ0v) is 8.04. The second kappa shape index (κ2) is 3.79. The van der Waals surface area contributed by atoms with Crippen molar-refractivity contribution in [3.63, 3.8) is 0 Å². The van der Waals surface area contributed by atoms with Crippen LogP contribution in [0, 0.1) is 0 Å². The van der Waals surface area contributed by atoms with Crippen molar-refractivity contribution in [1.29, 1.82) is 0 Å². The van der Waals surface area contributed by atoms with Gasteiger partial charge in [-0.3, -0.25) is 0 Å². The molecule has 0 fully saturated rings. The van der Waals surface area contributed by atoms with Crippen LogP contribution in [0.5, 0.6) is 0 Å². The Morgan fingerprint density at radius 1 is 0.471 bits per heavy atom. The molecule has 0 aliphatic rings.